The Kier molecular flexibility index (Phi) is 6.72. The summed E-state index contributed by atoms with van der Waals surface area (Å²) in [7, 11) is 2.13. The summed E-state index contributed by atoms with van der Waals surface area (Å²) >= 11 is 4.67. The van der Waals surface area contributed by atoms with Gasteiger partial charge in [-0.05, 0) is 68.2 Å². The maximum absolute atomic E-state index is 12.4. The molecule has 2 heterocycles. The Bertz CT molecular complexity index is 1160. The Balaban J connectivity index is 1.45. The Morgan fingerprint density at radius 2 is 1.84 bits per heavy atom. The molecule has 0 bridgehead atoms. The average molecular weight is 448 g/mol. The highest BCUT2D eigenvalue weighted by molar-refractivity contribution is 7.78. The van der Waals surface area contributed by atoms with Crippen LogP contribution in [0.3, 0.4) is 0 Å². The number of hydrogen-bond donors (Lipinski definition) is 1. The van der Waals surface area contributed by atoms with Crippen molar-refractivity contribution < 1.29 is 9.53 Å². The van der Waals surface area contributed by atoms with E-state index in [0.717, 1.165) is 54.3 Å². The van der Waals surface area contributed by atoms with Crippen LogP contribution < -0.4 is 15.0 Å². The van der Waals surface area contributed by atoms with Gasteiger partial charge in [-0.1, -0.05) is 12.1 Å². The Morgan fingerprint density at radius 3 is 2.56 bits per heavy atom. The van der Waals surface area contributed by atoms with Crippen molar-refractivity contribution >= 4 is 52.3 Å². The number of carbonyl (C=O) groups excluding carboxylic acids is 1. The molecule has 32 heavy (non-hydrogen) atoms. The van der Waals surface area contributed by atoms with E-state index in [2.05, 4.69) is 34.4 Å². The summed E-state index contributed by atoms with van der Waals surface area (Å²) in [6.07, 6.45) is 3.24. The number of thiocarbonyl (C=S) groups is 1. The Hall–Kier alpha value is -3.36. The quantitative estimate of drug-likeness (QED) is 0.457. The normalized spacial score (nSPS) is 14.6. The van der Waals surface area contributed by atoms with Gasteiger partial charge in [0.25, 0.3) is 0 Å². The van der Waals surface area contributed by atoms with Crippen molar-refractivity contribution in [2.75, 3.05) is 43.4 Å². The van der Waals surface area contributed by atoms with Gasteiger partial charge >= 0.3 is 0 Å². The van der Waals surface area contributed by atoms with E-state index in [0.29, 0.717) is 11.4 Å². The number of nitrogens with one attached hydrogen (secondary N) is 1. The molecule has 0 spiro atoms. The van der Waals surface area contributed by atoms with Crippen LogP contribution in [0.4, 0.5) is 11.6 Å². The van der Waals surface area contributed by atoms with Crippen molar-refractivity contribution in [1.29, 1.82) is 0 Å². The van der Waals surface area contributed by atoms with Gasteiger partial charge in [-0.2, -0.15) is 0 Å². The van der Waals surface area contributed by atoms with Crippen molar-refractivity contribution in [3.8, 4) is 5.75 Å². The second-order valence-corrected chi connectivity index (χ2v) is 7.93. The first-order chi connectivity index (χ1) is 15.5. The number of piperazine rings is 1. The minimum Gasteiger partial charge on any atom is -0.454 e. The summed E-state index contributed by atoms with van der Waals surface area (Å²) < 4.78 is 5.13. The third-order valence-electron chi connectivity index (χ3n) is 5.42. The molecule has 1 aliphatic heterocycles. The molecule has 1 amide bonds. The summed E-state index contributed by atoms with van der Waals surface area (Å²) in [4.78, 5) is 26.4. The topological polar surface area (TPSA) is 70.6 Å². The third kappa shape index (κ3) is 5.27. The maximum atomic E-state index is 12.4. The number of ether oxygens (including phenoxy) is 1. The maximum Gasteiger partial charge on any atom is 0.248 e. The number of benzene rings is 2. The zero-order chi connectivity index (χ0) is 22.5. The van der Waals surface area contributed by atoms with Crippen LogP contribution in [0.25, 0.3) is 17.0 Å². The number of aromatic nitrogens is 2. The first-order valence-electron chi connectivity index (χ1n) is 10.4. The second-order valence-electron chi connectivity index (χ2n) is 7.74. The van der Waals surface area contributed by atoms with Crippen LogP contribution >= 0.6 is 12.2 Å². The lowest BCUT2D eigenvalue weighted by Crippen LogP contribution is -2.45. The van der Waals surface area contributed by atoms with Crippen molar-refractivity contribution in [3.63, 3.8) is 0 Å². The zero-order valence-electron chi connectivity index (χ0n) is 18.1. The van der Waals surface area contributed by atoms with E-state index in [1.54, 1.807) is 18.2 Å². The molecular weight excluding hydrogens is 422 g/mol. The van der Waals surface area contributed by atoms with Gasteiger partial charge in [0, 0.05) is 43.3 Å². The van der Waals surface area contributed by atoms with Gasteiger partial charge in [-0.3, -0.25) is 4.79 Å². The summed E-state index contributed by atoms with van der Waals surface area (Å²) in [5.74, 6) is 1.21. The molecule has 1 aromatic heterocycles. The highest BCUT2D eigenvalue weighted by Gasteiger charge is 2.17. The van der Waals surface area contributed by atoms with Crippen molar-refractivity contribution in [1.82, 2.24) is 14.9 Å². The average Bonchev–Trinajstić information content (AvgIpc) is 2.79. The predicted molar refractivity (Wildman–Crippen MR) is 132 cm³/mol. The summed E-state index contributed by atoms with van der Waals surface area (Å²) in [6.45, 7) is 5.83. The lowest BCUT2D eigenvalue weighted by Gasteiger charge is -2.32. The van der Waals surface area contributed by atoms with Crippen LogP contribution in [0, 0.1) is 6.92 Å². The van der Waals surface area contributed by atoms with E-state index in [-0.39, 0.29) is 5.91 Å². The molecule has 0 aliphatic carbocycles. The smallest absolute Gasteiger partial charge is 0.248 e. The highest BCUT2D eigenvalue weighted by atomic mass is 32.1. The van der Waals surface area contributed by atoms with Crippen LogP contribution in [-0.2, 0) is 4.79 Å². The number of aryl methyl sites for hydroxylation is 1. The van der Waals surface area contributed by atoms with Crippen LogP contribution in [0.15, 0.2) is 48.5 Å². The molecule has 164 valence electrons. The van der Waals surface area contributed by atoms with Gasteiger partial charge in [-0.15, -0.1) is 0 Å². The zero-order valence-corrected chi connectivity index (χ0v) is 18.9. The van der Waals surface area contributed by atoms with E-state index in [1.807, 2.05) is 37.3 Å². The lowest BCUT2D eigenvalue weighted by molar-refractivity contribution is -0.111. The number of hydrogen-bond acceptors (Lipinski definition) is 7. The molecule has 1 N–H and O–H groups in total. The van der Waals surface area contributed by atoms with Gasteiger partial charge in [0.1, 0.15) is 5.75 Å². The molecular formula is C24H25N5O2S. The molecule has 7 nitrogen and oxygen atoms in total. The minimum atomic E-state index is -0.212. The fraction of sp³-hybridized carbons (Fsp3) is 0.250. The largest absolute Gasteiger partial charge is 0.454 e. The van der Waals surface area contributed by atoms with E-state index < -0.39 is 0 Å². The van der Waals surface area contributed by atoms with Crippen molar-refractivity contribution in [3.05, 3.63) is 59.8 Å². The fourth-order valence-corrected chi connectivity index (χ4v) is 3.67. The number of likely N-dealkylation sites (N-methyl/N-ethyl adjacent to an activating group) is 1. The Labute approximate surface area is 192 Å². The molecule has 0 radical (unpaired) electrons. The van der Waals surface area contributed by atoms with Gasteiger partial charge in [0.05, 0.1) is 11.2 Å². The van der Waals surface area contributed by atoms with E-state index >= 15 is 0 Å². The summed E-state index contributed by atoms with van der Waals surface area (Å²) in [5, 5.41) is 3.83. The monoisotopic (exact) mass is 447 g/mol. The van der Waals surface area contributed by atoms with Gasteiger partial charge in [0.2, 0.25) is 11.9 Å². The fourth-order valence-electron chi connectivity index (χ4n) is 3.56. The number of rotatable bonds is 6. The number of amides is 1. The van der Waals surface area contributed by atoms with E-state index in [4.69, 9.17) is 14.7 Å². The third-order valence-corrected chi connectivity index (χ3v) is 5.52. The molecule has 0 atom stereocenters. The molecule has 4 rings (SSSR count). The number of fused-ring (bicyclic) bond motifs is 1. The molecule has 8 heteroatoms. The van der Waals surface area contributed by atoms with Gasteiger partial charge < -0.3 is 19.9 Å². The van der Waals surface area contributed by atoms with E-state index in [1.165, 1.54) is 11.6 Å². The number of carbonyl (C=O) groups is 1. The molecule has 0 saturated carbocycles. The SMILES string of the molecule is Cc1nc(N2CCN(C)CC2)nc2ccc(NC(=O)C=Cc3ccc(OC=S)cc3)cc12. The molecule has 1 aliphatic rings. The van der Waals surface area contributed by atoms with Crippen LogP contribution in [0.1, 0.15) is 11.3 Å². The number of nitrogens with zero attached hydrogens (tertiary/aromatic N) is 4. The lowest BCUT2D eigenvalue weighted by atomic mass is 10.1. The second kappa shape index (κ2) is 9.84. The highest BCUT2D eigenvalue weighted by Crippen LogP contribution is 2.23. The summed E-state index contributed by atoms with van der Waals surface area (Å²) in [5.41, 5.74) is 4.57. The molecule has 1 saturated heterocycles. The number of anilines is 2. The standard InChI is InChI=1S/C24H25N5O2S/c1-17-21-15-19(26-23(30)10-5-18-3-7-20(8-4-18)31-16-32)6-9-22(21)27-24(25-17)29-13-11-28(2)12-14-29/h3-10,15-16H,11-14H2,1-2H3,(H,26,30). The predicted octanol–water partition coefficient (Wildman–Crippen LogP) is 3.68. The molecule has 1 fully saturated rings. The van der Waals surface area contributed by atoms with Crippen LogP contribution in [0.5, 0.6) is 5.75 Å². The molecule has 0 unspecified atom stereocenters. The summed E-state index contributed by atoms with van der Waals surface area (Å²) in [6, 6.07) is 13.0. The molecule has 3 aromatic rings. The Morgan fingerprint density at radius 1 is 1.09 bits per heavy atom. The van der Waals surface area contributed by atoms with Gasteiger partial charge in [-0.25, -0.2) is 9.97 Å². The van der Waals surface area contributed by atoms with Crippen molar-refractivity contribution in [2.24, 2.45) is 0 Å². The van der Waals surface area contributed by atoms with Crippen molar-refractivity contribution in [2.45, 2.75) is 6.92 Å². The molecule has 2 aromatic carbocycles. The van der Waals surface area contributed by atoms with Gasteiger partial charge in [0.15, 0.2) is 5.55 Å². The minimum absolute atomic E-state index is 0.212. The van der Waals surface area contributed by atoms with E-state index in [9.17, 15) is 4.79 Å². The van der Waals surface area contributed by atoms with Crippen LogP contribution in [0.2, 0.25) is 0 Å². The van der Waals surface area contributed by atoms with Crippen LogP contribution in [-0.4, -0.2) is 59.6 Å². The first kappa shape index (κ1) is 21.9. The first-order valence-corrected chi connectivity index (χ1v) is 10.9.